The van der Waals surface area contributed by atoms with Gasteiger partial charge in [0.25, 0.3) is 0 Å². The summed E-state index contributed by atoms with van der Waals surface area (Å²) < 4.78 is 0. The van der Waals surface area contributed by atoms with Gasteiger partial charge in [0, 0.05) is 18.2 Å². The third-order valence-corrected chi connectivity index (χ3v) is 3.93. The first-order valence-electron chi connectivity index (χ1n) is 6.64. The highest BCUT2D eigenvalue weighted by Gasteiger charge is 2.25. The third kappa shape index (κ3) is 2.75. The van der Waals surface area contributed by atoms with Crippen LogP contribution in [0.4, 0.5) is 5.82 Å². The van der Waals surface area contributed by atoms with Crippen molar-refractivity contribution in [3.63, 3.8) is 0 Å². The summed E-state index contributed by atoms with van der Waals surface area (Å²) in [5, 5.41) is 9.80. The van der Waals surface area contributed by atoms with Crippen LogP contribution in [0.2, 0.25) is 5.15 Å². The van der Waals surface area contributed by atoms with E-state index < -0.39 is 0 Å². The fourth-order valence-corrected chi connectivity index (χ4v) is 2.98. The quantitative estimate of drug-likeness (QED) is 0.834. The van der Waals surface area contributed by atoms with Crippen LogP contribution in [0, 0.1) is 0 Å². The summed E-state index contributed by atoms with van der Waals surface area (Å²) in [6.07, 6.45) is 7.18. The molecule has 1 fully saturated rings. The molecule has 0 aromatic carbocycles. The van der Waals surface area contributed by atoms with Gasteiger partial charge in [0.1, 0.15) is 17.3 Å². The van der Waals surface area contributed by atoms with Gasteiger partial charge in [0.15, 0.2) is 0 Å². The lowest BCUT2D eigenvalue weighted by atomic mass is 10.1. The predicted molar refractivity (Wildman–Crippen MR) is 73.1 cm³/mol. The predicted octanol–water partition coefficient (Wildman–Crippen LogP) is 2.43. The number of aromatic nitrogens is 2. The normalized spacial score (nSPS) is 16.2. The van der Waals surface area contributed by atoms with Crippen LogP contribution in [0.5, 0.6) is 0 Å². The molecule has 1 aromatic rings. The van der Waals surface area contributed by atoms with Crippen LogP contribution in [0.3, 0.4) is 0 Å². The van der Waals surface area contributed by atoms with E-state index in [1.54, 1.807) is 0 Å². The van der Waals surface area contributed by atoms with E-state index in [1.807, 2.05) is 0 Å². The molecule has 5 heteroatoms. The number of rotatable bonds is 5. The molecule has 100 valence electrons. The lowest BCUT2D eigenvalue weighted by molar-refractivity contribution is 0.296. The van der Waals surface area contributed by atoms with Gasteiger partial charge < -0.3 is 10.0 Å². The van der Waals surface area contributed by atoms with E-state index in [4.69, 9.17) is 11.6 Å². The largest absolute Gasteiger partial charge is 0.395 e. The summed E-state index contributed by atoms with van der Waals surface area (Å²) in [4.78, 5) is 10.6. The van der Waals surface area contributed by atoms with Crippen molar-refractivity contribution < 1.29 is 5.11 Å². The zero-order chi connectivity index (χ0) is 13.0. The molecule has 1 aromatic heterocycles. The van der Waals surface area contributed by atoms with Crippen molar-refractivity contribution in [2.75, 3.05) is 18.1 Å². The number of halogens is 1. The van der Waals surface area contributed by atoms with Gasteiger partial charge in [0.2, 0.25) is 0 Å². The molecule has 18 heavy (non-hydrogen) atoms. The third-order valence-electron chi connectivity index (χ3n) is 3.60. The first-order chi connectivity index (χ1) is 8.77. The van der Waals surface area contributed by atoms with E-state index in [0.29, 0.717) is 17.7 Å². The number of aliphatic hydroxyl groups is 1. The van der Waals surface area contributed by atoms with Crippen LogP contribution < -0.4 is 4.90 Å². The Morgan fingerprint density at radius 3 is 2.72 bits per heavy atom. The number of nitrogens with zero attached hydrogens (tertiary/aromatic N) is 3. The van der Waals surface area contributed by atoms with E-state index in [9.17, 15) is 5.11 Å². The molecule has 1 saturated carbocycles. The molecule has 0 radical (unpaired) electrons. The minimum atomic E-state index is 0.140. The van der Waals surface area contributed by atoms with Gasteiger partial charge in [-0.2, -0.15) is 0 Å². The lowest BCUT2D eigenvalue weighted by Gasteiger charge is -2.31. The van der Waals surface area contributed by atoms with Crippen molar-refractivity contribution in [3.05, 3.63) is 17.0 Å². The van der Waals surface area contributed by atoms with Crippen molar-refractivity contribution in [3.8, 4) is 0 Å². The Labute approximate surface area is 113 Å². The van der Waals surface area contributed by atoms with Crippen LogP contribution in [0.25, 0.3) is 0 Å². The molecule has 0 aliphatic heterocycles. The first kappa shape index (κ1) is 13.6. The van der Waals surface area contributed by atoms with Crippen LogP contribution in [0.1, 0.15) is 38.2 Å². The van der Waals surface area contributed by atoms with E-state index >= 15 is 0 Å². The van der Waals surface area contributed by atoms with Crippen molar-refractivity contribution in [1.29, 1.82) is 0 Å². The molecule has 0 bridgehead atoms. The zero-order valence-electron chi connectivity index (χ0n) is 10.8. The smallest absolute Gasteiger partial charge is 0.137 e. The minimum absolute atomic E-state index is 0.140. The fourth-order valence-electron chi connectivity index (χ4n) is 2.72. The summed E-state index contributed by atoms with van der Waals surface area (Å²) in [6.45, 7) is 2.81. The van der Waals surface area contributed by atoms with Crippen LogP contribution in [0.15, 0.2) is 6.33 Å². The molecule has 0 atom stereocenters. The van der Waals surface area contributed by atoms with Gasteiger partial charge in [-0.05, 0) is 19.3 Å². The molecule has 1 aliphatic carbocycles. The zero-order valence-corrected chi connectivity index (χ0v) is 11.5. The molecular weight excluding hydrogens is 250 g/mol. The maximum absolute atomic E-state index is 9.27. The summed E-state index contributed by atoms with van der Waals surface area (Å²) in [7, 11) is 0. The van der Waals surface area contributed by atoms with Gasteiger partial charge in [-0.1, -0.05) is 31.4 Å². The average Bonchev–Trinajstić information content (AvgIpc) is 2.89. The monoisotopic (exact) mass is 269 g/mol. The van der Waals surface area contributed by atoms with Gasteiger partial charge in [-0.3, -0.25) is 0 Å². The molecule has 0 saturated heterocycles. The van der Waals surface area contributed by atoms with Crippen molar-refractivity contribution in [1.82, 2.24) is 9.97 Å². The Morgan fingerprint density at radius 2 is 2.11 bits per heavy atom. The highest BCUT2D eigenvalue weighted by molar-refractivity contribution is 6.30. The molecular formula is C13H20ClN3O. The Morgan fingerprint density at radius 1 is 1.39 bits per heavy atom. The van der Waals surface area contributed by atoms with Gasteiger partial charge in [-0.25, -0.2) is 9.97 Å². The van der Waals surface area contributed by atoms with E-state index in [-0.39, 0.29) is 6.61 Å². The Balaban J connectivity index is 2.32. The Bertz CT molecular complexity index is 394. The molecule has 0 spiro atoms. The van der Waals surface area contributed by atoms with Gasteiger partial charge in [0.05, 0.1) is 6.61 Å². The average molecular weight is 270 g/mol. The standard InChI is InChI=1S/C13H20ClN3O/c1-2-11-12(14)15-9-16-13(11)17(7-8-18)10-5-3-4-6-10/h9-10,18H,2-8H2,1H3. The highest BCUT2D eigenvalue weighted by Crippen LogP contribution is 2.31. The van der Waals surface area contributed by atoms with Crippen LogP contribution >= 0.6 is 11.6 Å². The molecule has 1 heterocycles. The molecule has 4 nitrogen and oxygen atoms in total. The van der Waals surface area contributed by atoms with Crippen molar-refractivity contribution in [2.24, 2.45) is 0 Å². The number of aliphatic hydroxyl groups excluding tert-OH is 1. The number of hydrogen-bond donors (Lipinski definition) is 1. The maximum atomic E-state index is 9.27. The van der Waals surface area contributed by atoms with Crippen LogP contribution in [-0.4, -0.2) is 34.3 Å². The van der Waals surface area contributed by atoms with Gasteiger partial charge >= 0.3 is 0 Å². The van der Waals surface area contributed by atoms with E-state index in [0.717, 1.165) is 17.8 Å². The highest BCUT2D eigenvalue weighted by atomic mass is 35.5. The number of hydrogen-bond acceptors (Lipinski definition) is 4. The molecule has 0 unspecified atom stereocenters. The second kappa shape index (κ2) is 6.34. The Kier molecular flexibility index (Phi) is 4.78. The van der Waals surface area contributed by atoms with Crippen molar-refractivity contribution >= 4 is 17.4 Å². The van der Waals surface area contributed by atoms with Gasteiger partial charge in [-0.15, -0.1) is 0 Å². The molecule has 1 N–H and O–H groups in total. The van der Waals surface area contributed by atoms with Crippen LogP contribution in [-0.2, 0) is 6.42 Å². The molecule has 1 aliphatic rings. The summed E-state index contributed by atoms with van der Waals surface area (Å²) in [6, 6.07) is 0.480. The summed E-state index contributed by atoms with van der Waals surface area (Å²) in [5.41, 5.74) is 0.986. The molecule has 2 rings (SSSR count). The number of anilines is 1. The van der Waals surface area contributed by atoms with E-state index in [2.05, 4.69) is 21.8 Å². The second-order valence-electron chi connectivity index (χ2n) is 4.68. The van der Waals surface area contributed by atoms with E-state index in [1.165, 1.54) is 32.0 Å². The summed E-state index contributed by atoms with van der Waals surface area (Å²) in [5.74, 6) is 0.901. The maximum Gasteiger partial charge on any atom is 0.137 e. The molecule has 0 amide bonds. The Hall–Kier alpha value is -0.870. The lowest BCUT2D eigenvalue weighted by Crippen LogP contribution is -2.37. The first-order valence-corrected chi connectivity index (χ1v) is 7.02. The summed E-state index contributed by atoms with van der Waals surface area (Å²) >= 11 is 6.14. The topological polar surface area (TPSA) is 49.2 Å². The fraction of sp³-hybridized carbons (Fsp3) is 0.692. The second-order valence-corrected chi connectivity index (χ2v) is 5.03. The van der Waals surface area contributed by atoms with Crippen molar-refractivity contribution in [2.45, 2.75) is 45.1 Å². The minimum Gasteiger partial charge on any atom is -0.395 e. The SMILES string of the molecule is CCc1c(Cl)ncnc1N(CCO)C1CCCC1.